The lowest BCUT2D eigenvalue weighted by atomic mass is 10.4. The average molecular weight is 312 g/mol. The summed E-state index contributed by atoms with van der Waals surface area (Å²) in [6.07, 6.45) is 2.16. The number of hydrogen-bond acceptors (Lipinski definition) is 5. The largest absolute Gasteiger partial charge is 0.500 e. The van der Waals surface area contributed by atoms with Gasteiger partial charge in [0.25, 0.3) is 0 Å². The summed E-state index contributed by atoms with van der Waals surface area (Å²) in [7, 11) is 5.00. The molecular weight excluding hydrogens is 282 g/mol. The molecule has 0 amide bonds. The van der Waals surface area contributed by atoms with Gasteiger partial charge in [0.05, 0.1) is 13.1 Å². The van der Waals surface area contributed by atoms with Gasteiger partial charge in [-0.05, 0) is 12.5 Å². The first-order chi connectivity index (χ1) is 9.17. The van der Waals surface area contributed by atoms with Crippen LogP contribution in [0.15, 0.2) is 0 Å². The minimum atomic E-state index is -2.37. The third-order valence-electron chi connectivity index (χ3n) is 3.07. The monoisotopic (exact) mass is 311 g/mol. The van der Waals surface area contributed by atoms with Gasteiger partial charge in [-0.2, -0.15) is 0 Å². The second-order valence-electron chi connectivity index (χ2n) is 4.15. The fourth-order valence-electron chi connectivity index (χ4n) is 1.84. The van der Waals surface area contributed by atoms with Crippen molar-refractivity contribution in [1.82, 2.24) is 0 Å². The van der Waals surface area contributed by atoms with Crippen molar-refractivity contribution in [2.75, 3.05) is 48.6 Å². The van der Waals surface area contributed by atoms with E-state index in [1.165, 1.54) is 0 Å². The highest BCUT2D eigenvalue weighted by Gasteiger charge is 2.37. The molecular formula is C11H29NO5Si2+. The van der Waals surface area contributed by atoms with Crippen LogP contribution in [0.4, 0.5) is 0 Å². The Kier molecular flexibility index (Phi) is 12.1. The first kappa shape index (κ1) is 19.2. The minimum absolute atomic E-state index is 0.859. The number of rotatable bonds is 13. The third kappa shape index (κ3) is 8.15. The second kappa shape index (κ2) is 12.0. The van der Waals surface area contributed by atoms with Gasteiger partial charge in [-0.1, -0.05) is 0 Å². The molecule has 0 spiro atoms. The van der Waals surface area contributed by atoms with Gasteiger partial charge in [0, 0.05) is 48.0 Å². The standard InChI is InChI=1S/C11H28NO5Si2/c1-13-18(14-2)10-6-8-12-9-7-11-19(15-3,16-4)17-5/h12H,6-11H2,1-5H3/p+1. The Bertz CT molecular complexity index is 195. The zero-order valence-corrected chi connectivity index (χ0v) is 14.9. The normalized spacial score (nSPS) is 12.3. The molecule has 2 N–H and O–H groups in total. The molecule has 0 aromatic rings. The van der Waals surface area contributed by atoms with Crippen LogP contribution < -0.4 is 5.32 Å². The summed E-state index contributed by atoms with van der Waals surface area (Å²) in [4.78, 5) is 0. The average Bonchev–Trinajstić information content (AvgIpc) is 2.47. The Morgan fingerprint density at radius 1 is 0.842 bits per heavy atom. The summed E-state index contributed by atoms with van der Waals surface area (Å²) in [5.74, 6) is 0. The van der Waals surface area contributed by atoms with Crippen LogP contribution in [-0.2, 0) is 22.1 Å². The Morgan fingerprint density at radius 3 is 1.84 bits per heavy atom. The van der Waals surface area contributed by atoms with Crippen LogP contribution in [-0.4, -0.2) is 66.7 Å². The molecule has 19 heavy (non-hydrogen) atoms. The first-order valence-corrected chi connectivity index (χ1v) is 10.0. The maximum atomic E-state index is 5.38. The van der Waals surface area contributed by atoms with E-state index in [-0.39, 0.29) is 0 Å². The highest BCUT2D eigenvalue weighted by atomic mass is 28.4. The van der Waals surface area contributed by atoms with E-state index in [1.807, 2.05) is 0 Å². The molecule has 8 heteroatoms. The first-order valence-electron chi connectivity index (χ1n) is 6.59. The summed E-state index contributed by atoms with van der Waals surface area (Å²) in [5.41, 5.74) is 0. The summed E-state index contributed by atoms with van der Waals surface area (Å²) >= 11 is 0. The fourth-order valence-corrected chi connectivity index (χ4v) is 4.66. The molecule has 0 saturated heterocycles. The van der Waals surface area contributed by atoms with Gasteiger partial charge in [-0.25, -0.2) is 0 Å². The van der Waals surface area contributed by atoms with E-state index in [0.717, 1.165) is 38.0 Å². The molecule has 0 aromatic heterocycles. The smallest absolute Gasteiger partial charge is 0.397 e. The lowest BCUT2D eigenvalue weighted by molar-refractivity contribution is -0.654. The van der Waals surface area contributed by atoms with Gasteiger partial charge >= 0.3 is 18.1 Å². The quantitative estimate of drug-likeness (QED) is 0.383. The Labute approximate surface area is 119 Å². The van der Waals surface area contributed by atoms with Gasteiger partial charge in [0.2, 0.25) is 0 Å². The van der Waals surface area contributed by atoms with E-state index >= 15 is 0 Å². The molecule has 0 atom stereocenters. The van der Waals surface area contributed by atoms with E-state index in [0.29, 0.717) is 0 Å². The SMILES string of the molecule is CO[Si](CCC[NH2+]CCC[Si](OC)(OC)OC)OC. The topological polar surface area (TPSA) is 62.8 Å². The van der Waals surface area contributed by atoms with Gasteiger partial charge in [-0.15, -0.1) is 0 Å². The van der Waals surface area contributed by atoms with Crippen LogP contribution in [0, 0.1) is 0 Å². The van der Waals surface area contributed by atoms with Crippen molar-refractivity contribution in [3.63, 3.8) is 0 Å². The molecule has 0 saturated carbocycles. The summed E-state index contributed by atoms with van der Waals surface area (Å²) in [5, 5.41) is 2.31. The third-order valence-corrected chi connectivity index (χ3v) is 7.57. The Morgan fingerprint density at radius 2 is 1.37 bits per heavy atom. The summed E-state index contributed by atoms with van der Waals surface area (Å²) in [6.45, 7) is 2.16. The Hall–Kier alpha value is 0.194. The van der Waals surface area contributed by atoms with Crippen LogP contribution in [0.3, 0.4) is 0 Å². The molecule has 1 radical (unpaired) electrons. The van der Waals surface area contributed by atoms with E-state index < -0.39 is 18.1 Å². The van der Waals surface area contributed by atoms with Crippen LogP contribution in [0.2, 0.25) is 12.1 Å². The minimum Gasteiger partial charge on any atom is -0.397 e. The van der Waals surface area contributed by atoms with Gasteiger partial charge < -0.3 is 27.4 Å². The van der Waals surface area contributed by atoms with Crippen LogP contribution in [0.5, 0.6) is 0 Å². The molecule has 0 aromatic carbocycles. The highest BCUT2D eigenvalue weighted by molar-refractivity contribution is 6.60. The number of quaternary nitrogens is 1. The van der Waals surface area contributed by atoms with Crippen molar-refractivity contribution in [2.45, 2.75) is 24.9 Å². The number of nitrogens with two attached hydrogens (primary N) is 1. The molecule has 0 aliphatic rings. The Balaban J connectivity index is 3.54. The van der Waals surface area contributed by atoms with Gasteiger partial charge in [-0.3, -0.25) is 0 Å². The van der Waals surface area contributed by atoms with Crippen LogP contribution >= 0.6 is 0 Å². The highest BCUT2D eigenvalue weighted by Crippen LogP contribution is 2.13. The van der Waals surface area contributed by atoms with Crippen molar-refractivity contribution in [3.05, 3.63) is 0 Å². The maximum absolute atomic E-state index is 5.38. The van der Waals surface area contributed by atoms with Gasteiger partial charge in [0.15, 0.2) is 0 Å². The molecule has 115 valence electrons. The molecule has 6 nitrogen and oxygen atoms in total. The predicted octanol–water partition coefficient (Wildman–Crippen LogP) is -0.0109. The van der Waals surface area contributed by atoms with Crippen LogP contribution in [0.25, 0.3) is 0 Å². The summed E-state index contributed by atoms with van der Waals surface area (Å²) < 4.78 is 26.6. The van der Waals surface area contributed by atoms with Crippen molar-refractivity contribution < 1.29 is 27.4 Å². The zero-order valence-electron chi connectivity index (χ0n) is 12.9. The van der Waals surface area contributed by atoms with Crippen molar-refractivity contribution >= 4 is 18.1 Å². The van der Waals surface area contributed by atoms with E-state index in [9.17, 15) is 0 Å². The molecule has 0 aliphatic carbocycles. The maximum Gasteiger partial charge on any atom is 0.500 e. The van der Waals surface area contributed by atoms with E-state index in [1.54, 1.807) is 35.5 Å². The van der Waals surface area contributed by atoms with Crippen molar-refractivity contribution in [2.24, 2.45) is 0 Å². The lowest BCUT2D eigenvalue weighted by Crippen LogP contribution is -2.84. The molecule has 0 rings (SSSR count). The molecule has 0 bridgehead atoms. The number of hydrogen-bond donors (Lipinski definition) is 1. The summed E-state index contributed by atoms with van der Waals surface area (Å²) in [6, 6.07) is 1.89. The van der Waals surface area contributed by atoms with Crippen molar-refractivity contribution in [3.8, 4) is 0 Å². The van der Waals surface area contributed by atoms with Crippen molar-refractivity contribution in [1.29, 1.82) is 0 Å². The van der Waals surface area contributed by atoms with E-state index in [2.05, 4.69) is 5.32 Å². The lowest BCUT2D eigenvalue weighted by Gasteiger charge is -2.23. The van der Waals surface area contributed by atoms with E-state index in [4.69, 9.17) is 22.1 Å². The second-order valence-corrected chi connectivity index (χ2v) is 9.30. The molecule has 0 heterocycles. The fraction of sp³-hybridized carbons (Fsp3) is 1.00. The molecule has 0 unspecified atom stereocenters. The molecule has 0 fully saturated rings. The molecule has 0 aliphatic heterocycles. The zero-order chi connectivity index (χ0) is 14.6. The van der Waals surface area contributed by atoms with Gasteiger partial charge in [0.1, 0.15) is 0 Å². The van der Waals surface area contributed by atoms with Crippen LogP contribution in [0.1, 0.15) is 12.8 Å². The predicted molar refractivity (Wildman–Crippen MR) is 77.1 cm³/mol.